The second-order valence-corrected chi connectivity index (χ2v) is 6.79. The largest absolute Gasteiger partial charge is 0.481 e. The fraction of sp³-hybridized carbons (Fsp3) is 0.545. The van der Waals surface area contributed by atoms with Crippen LogP contribution in [0.2, 0.25) is 0 Å². The third kappa shape index (κ3) is 79.5. The average Bonchev–Trinajstić information content (AvgIpc) is 2.69. The van der Waals surface area contributed by atoms with Crippen LogP contribution in [-0.2, 0) is 24.0 Å². The number of isothiocyanates is 1. The van der Waals surface area contributed by atoms with Gasteiger partial charge in [-0.25, -0.2) is 4.99 Å². The SMILES string of the molecule is CC(=O)O.CC(=O)O.CC(=O)O.CC(=O)O.CC(=O)O.NCCNCCNCC1(N=C=S)C=CC=CC1. The molecule has 14 nitrogen and oxygen atoms in total. The number of allylic oxidation sites excluding steroid dienone is 2. The molecule has 1 unspecified atom stereocenters. The van der Waals surface area contributed by atoms with E-state index in [-0.39, 0.29) is 5.54 Å². The Hall–Kier alpha value is -3.49. The van der Waals surface area contributed by atoms with Gasteiger partial charge in [-0.05, 0) is 18.6 Å². The number of hydrogen-bond donors (Lipinski definition) is 8. The Labute approximate surface area is 222 Å². The van der Waals surface area contributed by atoms with Gasteiger partial charge in [0.2, 0.25) is 0 Å². The molecule has 0 radical (unpaired) electrons. The summed E-state index contributed by atoms with van der Waals surface area (Å²) in [6, 6.07) is 0. The fourth-order valence-electron chi connectivity index (χ4n) is 1.71. The minimum absolute atomic E-state index is 0.246. The third-order valence-electron chi connectivity index (χ3n) is 2.62. The Morgan fingerprint density at radius 3 is 1.49 bits per heavy atom. The maximum atomic E-state index is 9.00. The molecular weight excluding hydrogens is 512 g/mol. The number of nitrogens with zero attached hydrogens (tertiary/aromatic N) is 1. The van der Waals surface area contributed by atoms with Crippen LogP contribution in [-0.4, -0.2) is 98.8 Å². The number of nitrogens with two attached hydrogens (primary N) is 1. The molecule has 0 saturated carbocycles. The Bertz CT molecular complexity index is 664. The Morgan fingerprint density at radius 2 is 1.19 bits per heavy atom. The van der Waals surface area contributed by atoms with Gasteiger partial charge in [0.25, 0.3) is 29.8 Å². The van der Waals surface area contributed by atoms with E-state index < -0.39 is 29.8 Å². The van der Waals surface area contributed by atoms with Crippen molar-refractivity contribution in [3.05, 3.63) is 24.3 Å². The summed E-state index contributed by atoms with van der Waals surface area (Å²) in [6.45, 7) is 9.53. The molecule has 1 aliphatic carbocycles. The average molecular weight is 553 g/mol. The van der Waals surface area contributed by atoms with E-state index in [9.17, 15) is 0 Å². The molecule has 0 fully saturated rings. The van der Waals surface area contributed by atoms with E-state index in [2.05, 4.69) is 32.9 Å². The maximum Gasteiger partial charge on any atom is 0.300 e. The van der Waals surface area contributed by atoms with Crippen LogP contribution in [0.3, 0.4) is 0 Å². The smallest absolute Gasteiger partial charge is 0.300 e. The summed E-state index contributed by atoms with van der Waals surface area (Å²) in [6.07, 6.45) is 9.08. The number of aliphatic carboxylic acids is 5. The van der Waals surface area contributed by atoms with Crippen molar-refractivity contribution in [2.45, 2.75) is 46.6 Å². The second-order valence-electron chi connectivity index (χ2n) is 6.61. The summed E-state index contributed by atoms with van der Waals surface area (Å²) in [5, 5.41) is 46.2. The molecule has 0 aliphatic heterocycles. The molecule has 9 N–H and O–H groups in total. The minimum Gasteiger partial charge on any atom is -0.481 e. The van der Waals surface area contributed by atoms with E-state index in [4.69, 9.17) is 67.5 Å². The summed E-state index contributed by atoms with van der Waals surface area (Å²) in [5.74, 6) is -4.17. The molecule has 1 rings (SSSR count). The van der Waals surface area contributed by atoms with Gasteiger partial charge in [-0.2, -0.15) is 0 Å². The van der Waals surface area contributed by atoms with Crippen molar-refractivity contribution in [2.24, 2.45) is 10.7 Å². The van der Waals surface area contributed by atoms with Gasteiger partial charge in [0.1, 0.15) is 5.54 Å². The third-order valence-corrected chi connectivity index (χ3v) is 2.72. The molecule has 0 heterocycles. The van der Waals surface area contributed by atoms with Crippen molar-refractivity contribution in [3.63, 3.8) is 0 Å². The van der Waals surface area contributed by atoms with Gasteiger partial charge in [-0.1, -0.05) is 24.3 Å². The van der Waals surface area contributed by atoms with Crippen LogP contribution >= 0.6 is 12.2 Å². The molecule has 0 aromatic rings. The maximum absolute atomic E-state index is 9.00. The molecule has 0 aromatic heterocycles. The van der Waals surface area contributed by atoms with E-state index in [1.165, 1.54) is 0 Å². The van der Waals surface area contributed by atoms with Crippen LogP contribution in [0.1, 0.15) is 41.0 Å². The van der Waals surface area contributed by atoms with Gasteiger partial charge < -0.3 is 41.9 Å². The highest BCUT2D eigenvalue weighted by Gasteiger charge is 2.25. The molecule has 15 heteroatoms. The van der Waals surface area contributed by atoms with Crippen molar-refractivity contribution in [1.82, 2.24) is 10.6 Å². The van der Waals surface area contributed by atoms with Crippen molar-refractivity contribution >= 4 is 47.2 Å². The number of carbonyl (C=O) groups is 5. The predicted molar refractivity (Wildman–Crippen MR) is 142 cm³/mol. The van der Waals surface area contributed by atoms with E-state index in [1.807, 2.05) is 12.2 Å². The van der Waals surface area contributed by atoms with E-state index in [0.717, 1.165) is 67.2 Å². The zero-order valence-corrected chi connectivity index (χ0v) is 22.6. The van der Waals surface area contributed by atoms with Crippen LogP contribution in [0.25, 0.3) is 0 Å². The predicted octanol–water partition coefficient (Wildman–Crippen LogP) is 0.937. The summed E-state index contributed by atoms with van der Waals surface area (Å²) in [7, 11) is 0. The zero-order valence-electron chi connectivity index (χ0n) is 21.8. The number of rotatable bonds is 8. The highest BCUT2D eigenvalue weighted by molar-refractivity contribution is 7.78. The first-order valence-corrected chi connectivity index (χ1v) is 10.9. The van der Waals surface area contributed by atoms with Gasteiger partial charge in [0.05, 0.1) is 5.16 Å². The van der Waals surface area contributed by atoms with Crippen LogP contribution in [0.4, 0.5) is 0 Å². The van der Waals surface area contributed by atoms with Gasteiger partial charge in [-0.3, -0.25) is 24.0 Å². The van der Waals surface area contributed by atoms with E-state index >= 15 is 0 Å². The summed E-state index contributed by atoms with van der Waals surface area (Å²) < 4.78 is 0. The first-order valence-electron chi connectivity index (χ1n) is 10.5. The van der Waals surface area contributed by atoms with Crippen molar-refractivity contribution in [3.8, 4) is 0 Å². The first-order chi connectivity index (χ1) is 17.0. The lowest BCUT2D eigenvalue weighted by Crippen LogP contribution is -2.40. The lowest BCUT2D eigenvalue weighted by Gasteiger charge is -2.26. The lowest BCUT2D eigenvalue weighted by atomic mass is 9.92. The molecule has 0 aromatic carbocycles. The number of hydrogen-bond acceptors (Lipinski definition) is 10. The molecule has 1 aliphatic rings. The first kappa shape index (κ1) is 43.6. The van der Waals surface area contributed by atoms with Crippen molar-refractivity contribution in [2.75, 3.05) is 32.7 Å². The van der Waals surface area contributed by atoms with Crippen LogP contribution in [0.5, 0.6) is 0 Å². The molecule has 0 amide bonds. The number of carboxylic acid groups (broad SMARTS) is 5. The van der Waals surface area contributed by atoms with Crippen molar-refractivity contribution in [1.29, 1.82) is 0 Å². The number of nitrogens with one attached hydrogen (secondary N) is 2. The van der Waals surface area contributed by atoms with Gasteiger partial charge >= 0.3 is 0 Å². The monoisotopic (exact) mass is 552 g/mol. The Kier molecular flexibility index (Phi) is 38.3. The van der Waals surface area contributed by atoms with E-state index in [0.29, 0.717) is 6.54 Å². The van der Waals surface area contributed by atoms with Gasteiger partial charge in [0, 0.05) is 67.3 Å². The molecule has 0 saturated heterocycles. The molecular formula is C22H40N4O10S. The highest BCUT2D eigenvalue weighted by Crippen LogP contribution is 2.21. The topological polar surface area (TPSA) is 249 Å². The van der Waals surface area contributed by atoms with Crippen LogP contribution < -0.4 is 16.4 Å². The molecule has 214 valence electrons. The second kappa shape index (κ2) is 32.5. The summed E-state index contributed by atoms with van der Waals surface area (Å²) in [4.78, 5) is 49.3. The number of aliphatic imine (C=N–C) groups is 1. The standard InChI is InChI=1S/C12H20N4S.5C2H4O2/c13-6-7-14-8-9-15-10-12(16-11-17)4-2-1-3-5-12;5*1-2(3)4/h1-4,14-15H,5-10,13H2;5*1H3,(H,3,4). The lowest BCUT2D eigenvalue weighted by molar-refractivity contribution is -0.135. The summed E-state index contributed by atoms with van der Waals surface area (Å²) in [5.41, 5.74) is 5.14. The Balaban J connectivity index is -0.000000139. The zero-order chi connectivity index (χ0) is 30.3. The summed E-state index contributed by atoms with van der Waals surface area (Å²) >= 11 is 4.71. The molecule has 0 spiro atoms. The van der Waals surface area contributed by atoms with Crippen LogP contribution in [0.15, 0.2) is 29.3 Å². The molecule has 1 atom stereocenters. The normalized spacial score (nSPS) is 13.7. The van der Waals surface area contributed by atoms with Gasteiger partial charge in [0.15, 0.2) is 0 Å². The number of carboxylic acids is 5. The fourth-order valence-corrected chi connectivity index (χ4v) is 1.89. The minimum atomic E-state index is -0.833. The Morgan fingerprint density at radius 1 is 0.811 bits per heavy atom. The van der Waals surface area contributed by atoms with E-state index in [1.54, 1.807) is 0 Å². The molecule has 0 bridgehead atoms. The van der Waals surface area contributed by atoms with Crippen molar-refractivity contribution < 1.29 is 49.5 Å². The number of thiocarbonyl (C=S) groups is 1. The quantitative estimate of drug-likeness (QED) is 0.119. The van der Waals surface area contributed by atoms with Gasteiger partial charge in [-0.15, -0.1) is 0 Å². The van der Waals surface area contributed by atoms with Crippen LogP contribution in [0, 0.1) is 0 Å². The molecule has 37 heavy (non-hydrogen) atoms. The highest BCUT2D eigenvalue weighted by atomic mass is 32.1.